The molecular weight excluding hydrogens is 206 g/mol. The second-order valence-corrected chi connectivity index (χ2v) is 5.35. The predicted molar refractivity (Wildman–Crippen MR) is 65.6 cm³/mol. The van der Waals surface area contributed by atoms with E-state index in [4.69, 9.17) is 11.6 Å². The lowest BCUT2D eigenvalue weighted by molar-refractivity contribution is 0.410. The van der Waals surface area contributed by atoms with E-state index >= 15 is 0 Å². The highest BCUT2D eigenvalue weighted by molar-refractivity contribution is 6.31. The molecule has 0 spiro atoms. The van der Waals surface area contributed by atoms with Gasteiger partial charge in [0.15, 0.2) is 0 Å². The molecule has 1 unspecified atom stereocenters. The minimum absolute atomic E-state index is 0.190. The normalized spacial score (nSPS) is 24.4. The summed E-state index contributed by atoms with van der Waals surface area (Å²) in [6, 6.07) is 6.23. The number of rotatable bonds is 1. The molecule has 2 rings (SSSR count). The molecule has 82 valence electrons. The van der Waals surface area contributed by atoms with E-state index in [1.54, 1.807) is 0 Å². The molecule has 1 aromatic carbocycles. The van der Waals surface area contributed by atoms with Crippen LogP contribution in [-0.4, -0.2) is 12.1 Å². The van der Waals surface area contributed by atoms with Crippen LogP contribution in [0.4, 0.5) is 0 Å². The van der Waals surface area contributed by atoms with Crippen LogP contribution in [0.5, 0.6) is 0 Å². The molecule has 1 fully saturated rings. The average molecular weight is 224 g/mol. The maximum atomic E-state index is 6.16. The van der Waals surface area contributed by atoms with Gasteiger partial charge in [0.25, 0.3) is 0 Å². The fourth-order valence-corrected chi connectivity index (χ4v) is 2.75. The summed E-state index contributed by atoms with van der Waals surface area (Å²) in [6.07, 6.45) is 1.20. The maximum Gasteiger partial charge on any atom is 0.0438 e. The monoisotopic (exact) mass is 223 g/mol. The lowest BCUT2D eigenvalue weighted by Gasteiger charge is -2.28. The number of hydrogen-bond acceptors (Lipinski definition) is 1. The Morgan fingerprint density at radius 1 is 1.40 bits per heavy atom. The topological polar surface area (TPSA) is 12.0 Å². The predicted octanol–water partition coefficient (Wildman–Crippen LogP) is 3.50. The van der Waals surface area contributed by atoms with Gasteiger partial charge >= 0.3 is 0 Å². The van der Waals surface area contributed by atoms with Gasteiger partial charge in [-0.05, 0) is 50.9 Å². The third-order valence-corrected chi connectivity index (χ3v) is 3.98. The first kappa shape index (κ1) is 11.0. The molecular formula is C13H18ClN. The fourth-order valence-electron chi connectivity index (χ4n) is 2.57. The Kier molecular flexibility index (Phi) is 2.78. The molecule has 1 aliphatic rings. The summed E-state index contributed by atoms with van der Waals surface area (Å²) in [4.78, 5) is 0. The van der Waals surface area contributed by atoms with Gasteiger partial charge in [-0.3, -0.25) is 0 Å². The van der Waals surface area contributed by atoms with Crippen molar-refractivity contribution in [3.8, 4) is 0 Å². The van der Waals surface area contributed by atoms with Crippen LogP contribution in [-0.2, 0) is 0 Å². The van der Waals surface area contributed by atoms with E-state index < -0.39 is 0 Å². The van der Waals surface area contributed by atoms with Gasteiger partial charge in [-0.25, -0.2) is 0 Å². The first-order valence-corrected chi connectivity index (χ1v) is 5.90. The molecule has 1 aliphatic heterocycles. The number of nitrogens with one attached hydrogen (secondary N) is 1. The van der Waals surface area contributed by atoms with Crippen molar-refractivity contribution in [1.82, 2.24) is 5.32 Å². The highest BCUT2D eigenvalue weighted by Gasteiger charge is 2.35. The first-order chi connectivity index (χ1) is 7.02. The van der Waals surface area contributed by atoms with Gasteiger partial charge in [0.1, 0.15) is 0 Å². The molecule has 1 saturated heterocycles. The van der Waals surface area contributed by atoms with Gasteiger partial charge in [0.05, 0.1) is 0 Å². The Bertz CT molecular complexity index is 371. The Morgan fingerprint density at radius 3 is 2.73 bits per heavy atom. The molecule has 0 bridgehead atoms. The SMILES string of the molecule is Cc1c(Cl)cccc1C1CCNC1(C)C. The highest BCUT2D eigenvalue weighted by Crippen LogP contribution is 2.38. The van der Waals surface area contributed by atoms with Crippen LogP contribution in [0.1, 0.15) is 37.3 Å². The van der Waals surface area contributed by atoms with Crippen molar-refractivity contribution in [3.63, 3.8) is 0 Å². The lowest BCUT2D eigenvalue weighted by atomic mass is 9.81. The van der Waals surface area contributed by atoms with Crippen LogP contribution in [0.3, 0.4) is 0 Å². The van der Waals surface area contributed by atoms with Crippen molar-refractivity contribution < 1.29 is 0 Å². The molecule has 1 aromatic rings. The molecule has 1 N–H and O–H groups in total. The van der Waals surface area contributed by atoms with Crippen molar-refractivity contribution in [2.75, 3.05) is 6.54 Å². The van der Waals surface area contributed by atoms with Crippen molar-refractivity contribution in [2.24, 2.45) is 0 Å². The van der Waals surface area contributed by atoms with Crippen molar-refractivity contribution in [2.45, 2.75) is 38.6 Å². The van der Waals surface area contributed by atoms with Gasteiger partial charge < -0.3 is 5.32 Å². The molecule has 0 amide bonds. The van der Waals surface area contributed by atoms with Gasteiger partial charge in [-0.2, -0.15) is 0 Å². The van der Waals surface area contributed by atoms with E-state index in [1.807, 2.05) is 6.07 Å². The third-order valence-electron chi connectivity index (χ3n) is 3.57. The number of halogens is 1. The van der Waals surface area contributed by atoms with Crippen LogP contribution in [0.2, 0.25) is 5.02 Å². The molecule has 0 saturated carbocycles. The molecule has 1 atom stereocenters. The molecule has 1 nitrogen and oxygen atoms in total. The first-order valence-electron chi connectivity index (χ1n) is 5.52. The van der Waals surface area contributed by atoms with E-state index in [0.29, 0.717) is 5.92 Å². The maximum absolute atomic E-state index is 6.16. The Morgan fingerprint density at radius 2 is 2.13 bits per heavy atom. The highest BCUT2D eigenvalue weighted by atomic mass is 35.5. The summed E-state index contributed by atoms with van der Waals surface area (Å²) in [5.74, 6) is 0.580. The quantitative estimate of drug-likeness (QED) is 0.769. The van der Waals surface area contributed by atoms with E-state index in [1.165, 1.54) is 17.5 Å². The van der Waals surface area contributed by atoms with Crippen LogP contribution in [0.25, 0.3) is 0 Å². The van der Waals surface area contributed by atoms with Crippen molar-refractivity contribution in [3.05, 3.63) is 34.3 Å². The summed E-state index contributed by atoms with van der Waals surface area (Å²) in [5.41, 5.74) is 2.83. The number of benzene rings is 1. The third kappa shape index (κ3) is 1.91. The molecule has 0 aromatic heterocycles. The second-order valence-electron chi connectivity index (χ2n) is 4.94. The van der Waals surface area contributed by atoms with Gasteiger partial charge in [-0.15, -0.1) is 0 Å². The van der Waals surface area contributed by atoms with Crippen molar-refractivity contribution in [1.29, 1.82) is 0 Å². The molecule has 2 heteroatoms. The summed E-state index contributed by atoms with van der Waals surface area (Å²) >= 11 is 6.16. The molecule has 15 heavy (non-hydrogen) atoms. The zero-order valence-corrected chi connectivity index (χ0v) is 10.4. The Balaban J connectivity index is 2.41. The molecule has 1 heterocycles. The van der Waals surface area contributed by atoms with Crippen LogP contribution in [0.15, 0.2) is 18.2 Å². The van der Waals surface area contributed by atoms with E-state index in [9.17, 15) is 0 Å². The van der Waals surface area contributed by atoms with Gasteiger partial charge in [0.2, 0.25) is 0 Å². The van der Waals surface area contributed by atoms with Gasteiger partial charge in [0, 0.05) is 16.5 Å². The minimum Gasteiger partial charge on any atom is -0.311 e. The van der Waals surface area contributed by atoms with Crippen LogP contribution in [0, 0.1) is 6.92 Å². The summed E-state index contributed by atoms with van der Waals surface area (Å²) in [7, 11) is 0. The number of hydrogen-bond donors (Lipinski definition) is 1. The Hall–Kier alpha value is -0.530. The standard InChI is InChI=1S/C13H18ClN/c1-9-10(5-4-6-12(9)14)11-7-8-15-13(11,2)3/h4-6,11,15H,7-8H2,1-3H3. The van der Waals surface area contributed by atoms with Crippen LogP contribution >= 0.6 is 11.6 Å². The second kappa shape index (κ2) is 3.80. The summed E-state index contributed by atoms with van der Waals surface area (Å²) in [6.45, 7) is 7.76. The fraction of sp³-hybridized carbons (Fsp3) is 0.538. The zero-order valence-electron chi connectivity index (χ0n) is 9.60. The molecule has 0 radical (unpaired) electrons. The van der Waals surface area contributed by atoms with E-state index in [-0.39, 0.29) is 5.54 Å². The van der Waals surface area contributed by atoms with E-state index in [0.717, 1.165) is 11.6 Å². The lowest BCUT2D eigenvalue weighted by Crippen LogP contribution is -2.37. The summed E-state index contributed by atoms with van der Waals surface area (Å²) < 4.78 is 0. The smallest absolute Gasteiger partial charge is 0.0438 e. The van der Waals surface area contributed by atoms with Gasteiger partial charge in [-0.1, -0.05) is 23.7 Å². The van der Waals surface area contributed by atoms with Crippen molar-refractivity contribution >= 4 is 11.6 Å². The Labute approximate surface area is 96.8 Å². The molecule has 0 aliphatic carbocycles. The minimum atomic E-state index is 0.190. The van der Waals surface area contributed by atoms with E-state index in [2.05, 4.69) is 38.2 Å². The van der Waals surface area contributed by atoms with Crippen LogP contribution < -0.4 is 5.32 Å². The summed E-state index contributed by atoms with van der Waals surface area (Å²) in [5, 5.41) is 4.43. The largest absolute Gasteiger partial charge is 0.311 e. The zero-order chi connectivity index (χ0) is 11.1. The average Bonchev–Trinajstić information content (AvgIpc) is 2.50.